The van der Waals surface area contributed by atoms with Crippen LogP contribution in [0.1, 0.15) is 12.8 Å². The van der Waals surface area contributed by atoms with Crippen molar-refractivity contribution in [3.63, 3.8) is 0 Å². The van der Waals surface area contributed by atoms with Crippen molar-refractivity contribution in [1.29, 1.82) is 0 Å². The molecule has 0 saturated carbocycles. The van der Waals surface area contributed by atoms with Crippen molar-refractivity contribution in [2.45, 2.75) is 12.8 Å². The minimum absolute atomic E-state index is 0.665. The van der Waals surface area contributed by atoms with Gasteiger partial charge in [-0.2, -0.15) is 0 Å². The number of nitrogens with one attached hydrogen (secondary N) is 1. The van der Waals surface area contributed by atoms with Crippen LogP contribution in [0.15, 0.2) is 25.6 Å². The van der Waals surface area contributed by atoms with E-state index in [9.17, 15) is 0 Å². The first-order valence-electron chi connectivity index (χ1n) is 5.65. The summed E-state index contributed by atoms with van der Waals surface area (Å²) in [6.07, 6.45) is 2.40. The quantitative estimate of drug-likeness (QED) is 0.774. The van der Waals surface area contributed by atoms with Gasteiger partial charge in [-0.15, -0.1) is 0 Å². The highest BCUT2D eigenvalue weighted by molar-refractivity contribution is 9.11. The number of rotatable bonds is 3. The molecule has 0 bridgehead atoms. The zero-order valence-electron chi connectivity index (χ0n) is 9.31. The molecule has 0 aromatic heterocycles. The Labute approximate surface area is 127 Å². The van der Waals surface area contributed by atoms with Gasteiger partial charge in [0, 0.05) is 4.47 Å². The fourth-order valence-corrected chi connectivity index (χ4v) is 4.40. The third-order valence-corrected chi connectivity index (χ3v) is 4.52. The second-order valence-corrected chi connectivity index (χ2v) is 6.83. The van der Waals surface area contributed by atoms with E-state index in [1.54, 1.807) is 0 Å². The van der Waals surface area contributed by atoms with Crippen molar-refractivity contribution < 1.29 is 4.74 Å². The second kappa shape index (κ2) is 6.55. The average Bonchev–Trinajstić information content (AvgIpc) is 2.29. The maximum absolute atomic E-state index is 5.92. The highest BCUT2D eigenvalue weighted by Crippen LogP contribution is 2.36. The second-order valence-electron chi connectivity index (χ2n) is 4.20. The lowest BCUT2D eigenvalue weighted by Gasteiger charge is -2.23. The Bertz CT molecular complexity index is 368. The van der Waals surface area contributed by atoms with Gasteiger partial charge in [0.25, 0.3) is 0 Å². The molecule has 1 N–H and O–H groups in total. The largest absolute Gasteiger partial charge is 0.491 e. The van der Waals surface area contributed by atoms with Gasteiger partial charge in [0.05, 0.1) is 15.6 Å². The predicted octanol–water partition coefficient (Wildman–Crippen LogP) is 4.35. The molecule has 2 rings (SSSR count). The minimum atomic E-state index is 0.665. The first-order valence-corrected chi connectivity index (χ1v) is 8.03. The first-order chi connectivity index (χ1) is 8.16. The summed E-state index contributed by atoms with van der Waals surface area (Å²) < 4.78 is 8.91. The summed E-state index contributed by atoms with van der Waals surface area (Å²) in [6, 6.07) is 4.00. The average molecular weight is 428 g/mol. The molecular weight excluding hydrogens is 414 g/mol. The van der Waals surface area contributed by atoms with E-state index in [2.05, 4.69) is 53.1 Å². The lowest BCUT2D eigenvalue weighted by Crippen LogP contribution is -2.30. The number of halogens is 3. The van der Waals surface area contributed by atoms with Crippen molar-refractivity contribution in [3.8, 4) is 5.75 Å². The van der Waals surface area contributed by atoms with Crippen LogP contribution in [0.25, 0.3) is 0 Å². The minimum Gasteiger partial charge on any atom is -0.491 e. The summed E-state index contributed by atoms with van der Waals surface area (Å²) in [6.45, 7) is 3.01. The molecule has 1 aromatic rings. The SMILES string of the molecule is Brc1cc(Br)c(OCC2CCNCC2)c(Br)c1. The first kappa shape index (κ1) is 13.8. The molecule has 0 unspecified atom stereocenters. The fourth-order valence-electron chi connectivity index (χ4n) is 1.92. The van der Waals surface area contributed by atoms with Gasteiger partial charge < -0.3 is 10.1 Å². The summed E-state index contributed by atoms with van der Waals surface area (Å²) in [5.74, 6) is 1.56. The van der Waals surface area contributed by atoms with Crippen molar-refractivity contribution in [2.24, 2.45) is 5.92 Å². The van der Waals surface area contributed by atoms with Crippen molar-refractivity contribution in [3.05, 3.63) is 25.6 Å². The van der Waals surface area contributed by atoms with E-state index in [1.807, 2.05) is 12.1 Å². The molecule has 2 nitrogen and oxygen atoms in total. The normalized spacial score (nSPS) is 17.1. The van der Waals surface area contributed by atoms with Gasteiger partial charge in [-0.3, -0.25) is 0 Å². The molecule has 5 heteroatoms. The van der Waals surface area contributed by atoms with Gasteiger partial charge in [0.2, 0.25) is 0 Å². The Kier molecular flexibility index (Phi) is 5.33. The molecule has 94 valence electrons. The molecule has 17 heavy (non-hydrogen) atoms. The zero-order chi connectivity index (χ0) is 12.3. The van der Waals surface area contributed by atoms with Gasteiger partial charge >= 0.3 is 0 Å². The standard InChI is InChI=1S/C12H14Br3NO/c13-9-5-10(14)12(11(15)6-9)17-7-8-1-3-16-4-2-8/h5-6,8,16H,1-4,7H2. The summed E-state index contributed by atoms with van der Waals surface area (Å²) in [5.41, 5.74) is 0. The lowest BCUT2D eigenvalue weighted by molar-refractivity contribution is 0.213. The molecule has 0 radical (unpaired) electrons. The van der Waals surface area contributed by atoms with E-state index < -0.39 is 0 Å². The van der Waals surface area contributed by atoms with Crippen LogP contribution in [-0.4, -0.2) is 19.7 Å². The Morgan fingerprint density at radius 2 is 1.71 bits per heavy atom. The fraction of sp³-hybridized carbons (Fsp3) is 0.500. The van der Waals surface area contributed by atoms with E-state index in [4.69, 9.17) is 4.74 Å². The molecule has 0 amide bonds. The Hall–Kier alpha value is 0.420. The summed E-state index contributed by atoms with van der Waals surface area (Å²) in [4.78, 5) is 0. The van der Waals surface area contributed by atoms with Crippen molar-refractivity contribution in [1.82, 2.24) is 5.32 Å². The Balaban J connectivity index is 1.98. The van der Waals surface area contributed by atoms with Crippen LogP contribution >= 0.6 is 47.8 Å². The maximum atomic E-state index is 5.92. The van der Waals surface area contributed by atoms with Crippen LogP contribution < -0.4 is 10.1 Å². The van der Waals surface area contributed by atoms with E-state index in [0.29, 0.717) is 5.92 Å². The molecule has 1 heterocycles. The van der Waals surface area contributed by atoms with E-state index in [0.717, 1.165) is 38.9 Å². The number of benzene rings is 1. The van der Waals surface area contributed by atoms with Gasteiger partial charge in [-0.25, -0.2) is 0 Å². The highest BCUT2D eigenvalue weighted by atomic mass is 79.9. The number of ether oxygens (including phenoxy) is 1. The molecule has 1 aromatic carbocycles. The summed E-state index contributed by atoms with van der Waals surface area (Å²) in [5, 5.41) is 3.36. The van der Waals surface area contributed by atoms with Crippen LogP contribution in [0.4, 0.5) is 0 Å². The highest BCUT2D eigenvalue weighted by Gasteiger charge is 2.15. The Morgan fingerprint density at radius 1 is 1.12 bits per heavy atom. The summed E-state index contributed by atoms with van der Waals surface area (Å²) >= 11 is 10.5. The number of piperidine rings is 1. The van der Waals surface area contributed by atoms with Crippen LogP contribution in [0.5, 0.6) is 5.75 Å². The van der Waals surface area contributed by atoms with Gasteiger partial charge in [0.15, 0.2) is 0 Å². The number of hydrogen-bond donors (Lipinski definition) is 1. The van der Waals surface area contributed by atoms with E-state index in [-0.39, 0.29) is 0 Å². The topological polar surface area (TPSA) is 21.3 Å². The van der Waals surface area contributed by atoms with Crippen LogP contribution in [0.2, 0.25) is 0 Å². The van der Waals surface area contributed by atoms with E-state index in [1.165, 1.54) is 12.8 Å². The zero-order valence-corrected chi connectivity index (χ0v) is 14.1. The molecule has 0 aliphatic carbocycles. The van der Waals surface area contributed by atoms with Gasteiger partial charge in [-0.1, -0.05) is 15.9 Å². The molecule has 1 saturated heterocycles. The molecule has 1 fully saturated rings. The van der Waals surface area contributed by atoms with Crippen molar-refractivity contribution in [2.75, 3.05) is 19.7 Å². The van der Waals surface area contributed by atoms with Gasteiger partial charge in [-0.05, 0) is 75.8 Å². The van der Waals surface area contributed by atoms with Crippen LogP contribution in [0.3, 0.4) is 0 Å². The third-order valence-electron chi connectivity index (χ3n) is 2.89. The number of hydrogen-bond acceptors (Lipinski definition) is 2. The molecule has 1 aliphatic rings. The Morgan fingerprint density at radius 3 is 2.29 bits per heavy atom. The van der Waals surface area contributed by atoms with Crippen LogP contribution in [-0.2, 0) is 0 Å². The lowest BCUT2D eigenvalue weighted by atomic mass is 9.99. The monoisotopic (exact) mass is 425 g/mol. The smallest absolute Gasteiger partial charge is 0.147 e. The van der Waals surface area contributed by atoms with E-state index >= 15 is 0 Å². The summed E-state index contributed by atoms with van der Waals surface area (Å²) in [7, 11) is 0. The van der Waals surface area contributed by atoms with Gasteiger partial charge in [0.1, 0.15) is 5.75 Å². The molecule has 0 atom stereocenters. The molecule has 0 spiro atoms. The molecule has 1 aliphatic heterocycles. The maximum Gasteiger partial charge on any atom is 0.147 e. The van der Waals surface area contributed by atoms with Crippen LogP contribution in [0, 0.1) is 5.92 Å². The molecular formula is C12H14Br3NO. The van der Waals surface area contributed by atoms with Crippen molar-refractivity contribution >= 4 is 47.8 Å². The predicted molar refractivity (Wildman–Crippen MR) is 80.6 cm³/mol. The third kappa shape index (κ3) is 3.94.